The summed E-state index contributed by atoms with van der Waals surface area (Å²) >= 11 is 0. The average Bonchev–Trinajstić information content (AvgIpc) is 3.25. The molecule has 2 aromatic rings. The molecule has 1 heterocycles. The van der Waals surface area contributed by atoms with Crippen molar-refractivity contribution in [2.75, 3.05) is 7.11 Å². The highest BCUT2D eigenvalue weighted by Crippen LogP contribution is 2.39. The van der Waals surface area contributed by atoms with Gasteiger partial charge in [0.2, 0.25) is 0 Å². The summed E-state index contributed by atoms with van der Waals surface area (Å²) in [7, 11) is 1.61. The molecule has 0 radical (unpaired) electrons. The summed E-state index contributed by atoms with van der Waals surface area (Å²) in [5.41, 5.74) is 0.517. The van der Waals surface area contributed by atoms with Crippen LogP contribution in [0.5, 0.6) is 5.75 Å². The summed E-state index contributed by atoms with van der Waals surface area (Å²) in [6.07, 6.45) is 4.77. The lowest BCUT2D eigenvalue weighted by molar-refractivity contribution is 0.0695. The van der Waals surface area contributed by atoms with E-state index in [4.69, 9.17) is 14.3 Å². The molecule has 2 N–H and O–H groups in total. The molecule has 0 spiro atoms. The molecule has 1 aliphatic rings. The Labute approximate surface area is 139 Å². The van der Waals surface area contributed by atoms with Gasteiger partial charge in [0.25, 0.3) is 5.91 Å². The van der Waals surface area contributed by atoms with Crippen LogP contribution in [-0.2, 0) is 5.54 Å². The molecule has 6 heteroatoms. The van der Waals surface area contributed by atoms with Crippen LogP contribution in [0.15, 0.2) is 41.0 Å². The molecular formula is C18H19NO5. The highest BCUT2D eigenvalue weighted by Gasteiger charge is 2.37. The third-order valence-electron chi connectivity index (χ3n) is 4.52. The van der Waals surface area contributed by atoms with E-state index in [1.165, 1.54) is 6.07 Å². The second-order valence-electron chi connectivity index (χ2n) is 5.98. The Bertz CT molecular complexity index is 741. The van der Waals surface area contributed by atoms with E-state index in [0.29, 0.717) is 0 Å². The van der Waals surface area contributed by atoms with Gasteiger partial charge >= 0.3 is 5.97 Å². The van der Waals surface area contributed by atoms with Gasteiger partial charge in [0.05, 0.1) is 18.2 Å². The molecule has 1 aliphatic carbocycles. The maximum absolute atomic E-state index is 12.5. The van der Waals surface area contributed by atoms with Crippen molar-refractivity contribution in [1.29, 1.82) is 0 Å². The Hall–Kier alpha value is -2.76. The number of aromatic carboxylic acids is 1. The van der Waals surface area contributed by atoms with Gasteiger partial charge < -0.3 is 19.6 Å². The van der Waals surface area contributed by atoms with Gasteiger partial charge in [-0.1, -0.05) is 25.0 Å². The fourth-order valence-corrected chi connectivity index (χ4v) is 3.22. The lowest BCUT2D eigenvalue weighted by atomic mass is 9.88. The van der Waals surface area contributed by atoms with Gasteiger partial charge in [-0.2, -0.15) is 0 Å². The van der Waals surface area contributed by atoms with E-state index in [1.807, 2.05) is 24.3 Å². The zero-order valence-electron chi connectivity index (χ0n) is 13.4. The fraction of sp³-hybridized carbons (Fsp3) is 0.333. The summed E-state index contributed by atoms with van der Waals surface area (Å²) in [6, 6.07) is 8.90. The molecule has 6 nitrogen and oxygen atoms in total. The number of amides is 1. The molecule has 0 saturated heterocycles. The molecule has 0 aliphatic heterocycles. The van der Waals surface area contributed by atoms with Crippen LogP contribution < -0.4 is 10.1 Å². The van der Waals surface area contributed by atoms with Gasteiger partial charge in [-0.25, -0.2) is 4.79 Å². The first-order valence-electron chi connectivity index (χ1n) is 7.83. The van der Waals surface area contributed by atoms with Crippen molar-refractivity contribution in [3.05, 3.63) is 53.5 Å². The van der Waals surface area contributed by atoms with E-state index in [-0.39, 0.29) is 11.3 Å². The second kappa shape index (κ2) is 6.39. The molecule has 1 fully saturated rings. The Kier molecular flexibility index (Phi) is 4.29. The molecule has 1 amide bonds. The maximum atomic E-state index is 12.5. The van der Waals surface area contributed by atoms with Gasteiger partial charge in [0, 0.05) is 6.07 Å². The van der Waals surface area contributed by atoms with E-state index in [0.717, 1.165) is 43.3 Å². The number of rotatable bonds is 5. The Balaban J connectivity index is 1.84. The number of carboxylic acid groups (broad SMARTS) is 1. The van der Waals surface area contributed by atoms with Crippen molar-refractivity contribution < 1.29 is 23.8 Å². The molecule has 24 heavy (non-hydrogen) atoms. The summed E-state index contributed by atoms with van der Waals surface area (Å²) in [5, 5.41) is 12.0. The topological polar surface area (TPSA) is 88.8 Å². The zero-order valence-corrected chi connectivity index (χ0v) is 13.4. The van der Waals surface area contributed by atoms with Crippen LogP contribution in [0.2, 0.25) is 0 Å². The Morgan fingerprint density at radius 1 is 1.21 bits per heavy atom. The molecule has 1 saturated carbocycles. The van der Waals surface area contributed by atoms with E-state index >= 15 is 0 Å². The first-order chi connectivity index (χ1) is 11.5. The van der Waals surface area contributed by atoms with Gasteiger partial charge in [-0.15, -0.1) is 0 Å². The van der Waals surface area contributed by atoms with Crippen molar-refractivity contribution >= 4 is 11.9 Å². The fourth-order valence-electron chi connectivity index (χ4n) is 3.22. The number of carbonyl (C=O) groups excluding carboxylic acids is 1. The van der Waals surface area contributed by atoms with E-state index in [2.05, 4.69) is 5.32 Å². The summed E-state index contributed by atoms with van der Waals surface area (Å²) in [4.78, 5) is 23.4. The van der Waals surface area contributed by atoms with Crippen LogP contribution in [0.3, 0.4) is 0 Å². The van der Waals surface area contributed by atoms with Crippen LogP contribution in [0.1, 0.15) is 52.2 Å². The SMILES string of the molecule is COc1ccc(C2(NC(=O)c3cc(C(=O)O)co3)CCCC2)cc1. The maximum Gasteiger partial charge on any atom is 0.338 e. The smallest absolute Gasteiger partial charge is 0.338 e. The van der Waals surface area contributed by atoms with E-state index in [1.54, 1.807) is 7.11 Å². The number of nitrogens with one attached hydrogen (secondary N) is 1. The normalized spacial score (nSPS) is 15.9. The molecule has 1 aromatic carbocycles. The number of furan rings is 1. The number of carboxylic acids is 1. The number of hydrogen-bond acceptors (Lipinski definition) is 4. The molecule has 126 valence electrons. The molecule has 0 unspecified atom stereocenters. The highest BCUT2D eigenvalue weighted by atomic mass is 16.5. The largest absolute Gasteiger partial charge is 0.497 e. The van der Waals surface area contributed by atoms with Crippen LogP contribution >= 0.6 is 0 Å². The van der Waals surface area contributed by atoms with Gasteiger partial charge in [-0.05, 0) is 30.5 Å². The van der Waals surface area contributed by atoms with Crippen LogP contribution in [0.4, 0.5) is 0 Å². The standard InChI is InChI=1S/C18H19NO5/c1-23-14-6-4-13(5-7-14)18(8-2-3-9-18)19-16(20)15-10-12(11-24-15)17(21)22/h4-7,10-11H,2-3,8-9H2,1H3,(H,19,20)(H,21,22). The van der Waals surface area contributed by atoms with Gasteiger partial charge in [0.1, 0.15) is 12.0 Å². The summed E-state index contributed by atoms with van der Waals surface area (Å²) in [6.45, 7) is 0. The third kappa shape index (κ3) is 2.99. The van der Waals surface area contributed by atoms with E-state index < -0.39 is 17.4 Å². The molecule has 0 bridgehead atoms. The Morgan fingerprint density at radius 3 is 2.42 bits per heavy atom. The van der Waals surface area contributed by atoms with Crippen LogP contribution in [0.25, 0.3) is 0 Å². The Morgan fingerprint density at radius 2 is 1.88 bits per heavy atom. The first kappa shape index (κ1) is 16.1. The quantitative estimate of drug-likeness (QED) is 0.879. The predicted molar refractivity (Wildman–Crippen MR) is 86.3 cm³/mol. The average molecular weight is 329 g/mol. The molecule has 0 atom stereocenters. The van der Waals surface area contributed by atoms with Crippen LogP contribution in [-0.4, -0.2) is 24.1 Å². The molecule has 3 rings (SSSR count). The minimum absolute atomic E-state index is 0.00665. The minimum atomic E-state index is -1.12. The van der Waals surface area contributed by atoms with E-state index in [9.17, 15) is 9.59 Å². The van der Waals surface area contributed by atoms with Crippen LogP contribution in [0, 0.1) is 0 Å². The number of ether oxygens (including phenoxy) is 1. The number of hydrogen-bond donors (Lipinski definition) is 2. The zero-order chi connectivity index (χ0) is 17.2. The van der Waals surface area contributed by atoms with Gasteiger partial charge in [0.15, 0.2) is 5.76 Å². The number of benzene rings is 1. The third-order valence-corrected chi connectivity index (χ3v) is 4.52. The van der Waals surface area contributed by atoms with Crippen molar-refractivity contribution in [2.24, 2.45) is 0 Å². The van der Waals surface area contributed by atoms with Crippen molar-refractivity contribution in [3.63, 3.8) is 0 Å². The number of methoxy groups -OCH3 is 1. The van der Waals surface area contributed by atoms with Crippen molar-refractivity contribution in [1.82, 2.24) is 5.32 Å². The van der Waals surface area contributed by atoms with Crippen molar-refractivity contribution in [2.45, 2.75) is 31.2 Å². The summed E-state index contributed by atoms with van der Waals surface area (Å²) in [5.74, 6) is -0.758. The first-order valence-corrected chi connectivity index (χ1v) is 7.83. The monoisotopic (exact) mass is 329 g/mol. The summed E-state index contributed by atoms with van der Waals surface area (Å²) < 4.78 is 10.3. The predicted octanol–water partition coefficient (Wildman–Crippen LogP) is 3.19. The van der Waals surface area contributed by atoms with Gasteiger partial charge in [-0.3, -0.25) is 4.79 Å². The lowest BCUT2D eigenvalue weighted by Gasteiger charge is -2.30. The minimum Gasteiger partial charge on any atom is -0.497 e. The number of carbonyl (C=O) groups is 2. The molecular weight excluding hydrogens is 310 g/mol. The molecule has 1 aromatic heterocycles. The lowest BCUT2D eigenvalue weighted by Crippen LogP contribution is -2.43. The second-order valence-corrected chi connectivity index (χ2v) is 5.98. The van der Waals surface area contributed by atoms with Crippen molar-refractivity contribution in [3.8, 4) is 5.75 Å². The highest BCUT2D eigenvalue weighted by molar-refractivity contribution is 5.95.